The monoisotopic (exact) mass is 554 g/mol. The van der Waals surface area contributed by atoms with E-state index in [0.29, 0.717) is 31.0 Å². The number of piperidine rings is 1. The van der Waals surface area contributed by atoms with E-state index in [0.717, 1.165) is 57.4 Å². The van der Waals surface area contributed by atoms with E-state index in [-0.39, 0.29) is 18.2 Å². The largest absolute Gasteiger partial charge is 0.445 e. The summed E-state index contributed by atoms with van der Waals surface area (Å²) < 4.78 is 12.2. The van der Waals surface area contributed by atoms with E-state index >= 15 is 0 Å². The van der Waals surface area contributed by atoms with Gasteiger partial charge in [-0.25, -0.2) is 4.79 Å². The molecule has 218 valence electrons. The quantitative estimate of drug-likeness (QED) is 0.246. The minimum absolute atomic E-state index is 0.181. The molecule has 1 saturated heterocycles. The Morgan fingerprint density at radius 2 is 1.41 bits per heavy atom. The maximum Gasteiger partial charge on any atom is 0.410 e. The van der Waals surface area contributed by atoms with E-state index in [4.69, 9.17) is 9.47 Å². The number of hydrogen-bond acceptors (Lipinski definition) is 4. The molecule has 2 aliphatic rings. The number of ether oxygens (including phenoxy) is 2. The molecule has 2 fully saturated rings. The zero-order valence-electron chi connectivity index (χ0n) is 24.7. The van der Waals surface area contributed by atoms with Gasteiger partial charge in [0.05, 0.1) is 12.7 Å². The molecule has 1 saturated carbocycles. The van der Waals surface area contributed by atoms with Crippen LogP contribution in [0.5, 0.6) is 0 Å². The summed E-state index contributed by atoms with van der Waals surface area (Å²) in [6.07, 6.45) is 4.25. The van der Waals surface area contributed by atoms with Crippen molar-refractivity contribution in [3.63, 3.8) is 0 Å². The normalized spacial score (nSPS) is 21.7. The molecule has 1 amide bonds. The van der Waals surface area contributed by atoms with Gasteiger partial charge in [-0.05, 0) is 60.1 Å². The van der Waals surface area contributed by atoms with Crippen molar-refractivity contribution in [1.82, 2.24) is 9.80 Å². The Morgan fingerprint density at radius 3 is 2.02 bits per heavy atom. The third-order valence-corrected chi connectivity index (χ3v) is 8.70. The van der Waals surface area contributed by atoms with Crippen LogP contribution in [0.15, 0.2) is 91.0 Å². The molecule has 0 radical (unpaired) electrons. The van der Waals surface area contributed by atoms with Gasteiger partial charge in [-0.15, -0.1) is 0 Å². The zero-order valence-corrected chi connectivity index (χ0v) is 24.7. The van der Waals surface area contributed by atoms with Crippen molar-refractivity contribution in [3.8, 4) is 0 Å². The second-order valence-corrected chi connectivity index (χ2v) is 12.3. The molecular weight excluding hydrogens is 508 g/mol. The molecular formula is C36H46N2O3. The lowest BCUT2D eigenvalue weighted by atomic mass is 9.88. The first-order valence-electron chi connectivity index (χ1n) is 15.4. The molecule has 3 atom stereocenters. The molecule has 3 unspecified atom stereocenters. The highest BCUT2D eigenvalue weighted by Crippen LogP contribution is 2.42. The second-order valence-electron chi connectivity index (χ2n) is 12.3. The van der Waals surface area contributed by atoms with Crippen molar-refractivity contribution in [2.75, 3.05) is 26.2 Å². The van der Waals surface area contributed by atoms with Gasteiger partial charge in [0.2, 0.25) is 0 Å². The standard InChI is InChI=1S/C36H46N2O3/c1-28(2)24-38(36(39)41-27-30-14-8-4-9-15-30)33-18-20-37(21-19-33)25-32-22-34(40-26-29-12-6-3-7-13-29)23-35(32)31-16-10-5-11-17-31/h3-17,28,32-35H,18-27H2,1-2H3. The summed E-state index contributed by atoms with van der Waals surface area (Å²) in [6.45, 7) is 9.19. The maximum absolute atomic E-state index is 13.2. The van der Waals surface area contributed by atoms with Gasteiger partial charge >= 0.3 is 6.09 Å². The van der Waals surface area contributed by atoms with Crippen LogP contribution in [0.25, 0.3) is 0 Å². The van der Waals surface area contributed by atoms with E-state index in [1.807, 2.05) is 35.2 Å². The molecule has 0 spiro atoms. The molecule has 0 N–H and O–H groups in total. The van der Waals surface area contributed by atoms with Crippen molar-refractivity contribution in [1.29, 1.82) is 0 Å². The molecule has 3 aromatic rings. The fraction of sp³-hybridized carbons (Fsp3) is 0.472. The fourth-order valence-corrected chi connectivity index (χ4v) is 6.62. The highest BCUT2D eigenvalue weighted by molar-refractivity contribution is 5.68. The lowest BCUT2D eigenvalue weighted by Gasteiger charge is -2.40. The molecule has 1 aliphatic carbocycles. The Morgan fingerprint density at radius 1 is 0.829 bits per heavy atom. The highest BCUT2D eigenvalue weighted by atomic mass is 16.6. The van der Waals surface area contributed by atoms with Gasteiger partial charge in [0.15, 0.2) is 0 Å². The SMILES string of the molecule is CC(C)CN(C(=O)OCc1ccccc1)C1CCN(CC2CC(OCc3ccccc3)CC2c2ccccc2)CC1. The van der Waals surface area contributed by atoms with E-state index in [2.05, 4.69) is 79.4 Å². The molecule has 5 nitrogen and oxygen atoms in total. The topological polar surface area (TPSA) is 42.0 Å². The summed E-state index contributed by atoms with van der Waals surface area (Å²) in [6, 6.07) is 31.7. The van der Waals surface area contributed by atoms with Crippen LogP contribution in [-0.2, 0) is 22.7 Å². The third-order valence-electron chi connectivity index (χ3n) is 8.70. The minimum Gasteiger partial charge on any atom is -0.445 e. The van der Waals surface area contributed by atoms with Crippen molar-refractivity contribution >= 4 is 6.09 Å². The van der Waals surface area contributed by atoms with Crippen LogP contribution in [0.2, 0.25) is 0 Å². The van der Waals surface area contributed by atoms with Crippen molar-refractivity contribution in [2.45, 2.75) is 70.8 Å². The summed E-state index contributed by atoms with van der Waals surface area (Å²) in [4.78, 5) is 17.8. The molecule has 3 aromatic carbocycles. The summed E-state index contributed by atoms with van der Waals surface area (Å²) in [7, 11) is 0. The van der Waals surface area contributed by atoms with E-state index < -0.39 is 0 Å². The summed E-state index contributed by atoms with van der Waals surface area (Å²) in [5.41, 5.74) is 3.70. The lowest BCUT2D eigenvalue weighted by molar-refractivity contribution is 0.0384. The second kappa shape index (κ2) is 14.7. The zero-order chi connectivity index (χ0) is 28.4. The van der Waals surface area contributed by atoms with Crippen LogP contribution in [0.4, 0.5) is 4.79 Å². The maximum atomic E-state index is 13.2. The number of amides is 1. The Kier molecular flexibility index (Phi) is 10.5. The van der Waals surface area contributed by atoms with E-state index in [9.17, 15) is 4.79 Å². The first-order valence-corrected chi connectivity index (χ1v) is 15.4. The van der Waals surface area contributed by atoms with Crippen LogP contribution < -0.4 is 0 Å². The summed E-state index contributed by atoms with van der Waals surface area (Å²) in [5, 5.41) is 0. The van der Waals surface area contributed by atoms with E-state index in [1.54, 1.807) is 0 Å². The van der Waals surface area contributed by atoms with Gasteiger partial charge in [-0.3, -0.25) is 0 Å². The number of hydrogen-bond donors (Lipinski definition) is 0. The first-order chi connectivity index (χ1) is 20.0. The first kappa shape index (κ1) is 29.3. The minimum atomic E-state index is -0.181. The Labute approximate surface area is 246 Å². The third kappa shape index (κ3) is 8.43. The molecule has 0 aromatic heterocycles. The smallest absolute Gasteiger partial charge is 0.410 e. The number of rotatable bonds is 11. The van der Waals surface area contributed by atoms with Crippen LogP contribution >= 0.6 is 0 Å². The van der Waals surface area contributed by atoms with Crippen LogP contribution in [0.1, 0.15) is 62.1 Å². The Hall–Kier alpha value is -3.15. The average Bonchev–Trinajstić information content (AvgIpc) is 3.42. The average molecular weight is 555 g/mol. The molecule has 1 aliphatic heterocycles. The van der Waals surface area contributed by atoms with Crippen molar-refractivity contribution in [3.05, 3.63) is 108 Å². The van der Waals surface area contributed by atoms with Gasteiger partial charge in [0.25, 0.3) is 0 Å². The Balaban J connectivity index is 1.17. The lowest BCUT2D eigenvalue weighted by Crippen LogP contribution is -2.49. The van der Waals surface area contributed by atoms with Gasteiger partial charge in [-0.2, -0.15) is 0 Å². The summed E-state index contributed by atoms with van der Waals surface area (Å²) in [5.74, 6) is 1.48. The predicted molar refractivity (Wildman–Crippen MR) is 165 cm³/mol. The summed E-state index contributed by atoms with van der Waals surface area (Å²) >= 11 is 0. The highest BCUT2D eigenvalue weighted by Gasteiger charge is 2.38. The molecule has 0 bridgehead atoms. The molecule has 41 heavy (non-hydrogen) atoms. The van der Waals surface area contributed by atoms with Gasteiger partial charge in [0.1, 0.15) is 6.61 Å². The molecule has 1 heterocycles. The van der Waals surface area contributed by atoms with E-state index in [1.165, 1.54) is 11.1 Å². The molecule has 5 heteroatoms. The molecule has 5 rings (SSSR count). The fourth-order valence-electron chi connectivity index (χ4n) is 6.62. The van der Waals surface area contributed by atoms with Crippen molar-refractivity contribution < 1.29 is 14.3 Å². The number of nitrogens with zero attached hydrogens (tertiary/aromatic N) is 2. The van der Waals surface area contributed by atoms with Crippen molar-refractivity contribution in [2.24, 2.45) is 11.8 Å². The van der Waals surface area contributed by atoms with Crippen LogP contribution in [0.3, 0.4) is 0 Å². The number of carbonyl (C=O) groups excluding carboxylic acids is 1. The van der Waals surface area contributed by atoms with Gasteiger partial charge in [0, 0.05) is 32.2 Å². The number of carbonyl (C=O) groups is 1. The number of likely N-dealkylation sites (tertiary alicyclic amines) is 1. The van der Waals surface area contributed by atoms with Crippen LogP contribution in [-0.4, -0.2) is 54.2 Å². The van der Waals surface area contributed by atoms with Crippen LogP contribution in [0, 0.1) is 11.8 Å². The number of benzene rings is 3. The Bertz CT molecular complexity index is 1180. The van der Waals surface area contributed by atoms with Gasteiger partial charge < -0.3 is 19.3 Å². The van der Waals surface area contributed by atoms with Gasteiger partial charge in [-0.1, -0.05) is 105 Å². The predicted octanol–water partition coefficient (Wildman–Crippen LogP) is 7.52.